The van der Waals surface area contributed by atoms with Gasteiger partial charge in [-0.2, -0.15) is 0 Å². The molecule has 1 aromatic carbocycles. The van der Waals surface area contributed by atoms with E-state index >= 15 is 0 Å². The molecule has 0 radical (unpaired) electrons. The lowest BCUT2D eigenvalue weighted by molar-refractivity contribution is 0.0664. The Morgan fingerprint density at radius 3 is 2.54 bits per heavy atom. The summed E-state index contributed by atoms with van der Waals surface area (Å²) < 4.78 is 2.19. The average Bonchev–Trinajstić information content (AvgIpc) is 3.15. The van der Waals surface area contributed by atoms with Gasteiger partial charge in [0.25, 0.3) is 11.5 Å². The average molecular weight is 372 g/mol. The highest BCUT2D eigenvalue weighted by atomic mass is 32.1. The summed E-state index contributed by atoms with van der Waals surface area (Å²) >= 11 is 5.46. The summed E-state index contributed by atoms with van der Waals surface area (Å²) in [6, 6.07) is 5.49. The third kappa shape index (κ3) is 3.10. The van der Waals surface area contributed by atoms with E-state index in [2.05, 4.69) is 16.9 Å². The van der Waals surface area contributed by atoms with Crippen molar-refractivity contribution in [3.8, 4) is 0 Å². The number of aromatic nitrogens is 2. The van der Waals surface area contributed by atoms with Crippen LogP contribution in [0.1, 0.15) is 42.1 Å². The van der Waals surface area contributed by atoms with E-state index in [0.29, 0.717) is 21.2 Å². The van der Waals surface area contributed by atoms with Crippen molar-refractivity contribution >= 4 is 29.0 Å². The van der Waals surface area contributed by atoms with Crippen molar-refractivity contribution in [2.45, 2.75) is 31.7 Å². The molecular weight excluding hydrogens is 348 g/mol. The van der Waals surface area contributed by atoms with Crippen molar-refractivity contribution in [1.82, 2.24) is 19.4 Å². The lowest BCUT2D eigenvalue weighted by Crippen LogP contribution is -2.47. The van der Waals surface area contributed by atoms with Gasteiger partial charge < -0.3 is 14.8 Å². The molecule has 1 aromatic heterocycles. The summed E-state index contributed by atoms with van der Waals surface area (Å²) in [6.45, 7) is 3.22. The molecule has 0 atom stereocenters. The fraction of sp³-hybridized carbons (Fsp3) is 0.526. The molecule has 2 heterocycles. The van der Waals surface area contributed by atoms with Gasteiger partial charge in [-0.25, -0.2) is 0 Å². The van der Waals surface area contributed by atoms with Crippen LogP contribution in [0.3, 0.4) is 0 Å². The molecule has 1 saturated carbocycles. The number of nitrogens with zero attached hydrogens (tertiary/aromatic N) is 3. The molecule has 1 amide bonds. The fourth-order valence-electron chi connectivity index (χ4n) is 4.05. The second-order valence-electron chi connectivity index (χ2n) is 7.40. The lowest BCUT2D eigenvalue weighted by atomic mass is 10.1. The van der Waals surface area contributed by atoms with E-state index in [4.69, 9.17) is 12.2 Å². The number of carbonyl (C=O) groups is 1. The summed E-state index contributed by atoms with van der Waals surface area (Å²) in [6.07, 6.45) is 4.29. The molecule has 1 aliphatic heterocycles. The minimum Gasteiger partial charge on any atom is -0.336 e. The van der Waals surface area contributed by atoms with Gasteiger partial charge in [0.2, 0.25) is 0 Å². The Morgan fingerprint density at radius 1 is 1.15 bits per heavy atom. The molecule has 1 saturated heterocycles. The van der Waals surface area contributed by atoms with Gasteiger partial charge in [-0.1, -0.05) is 12.8 Å². The number of H-pyrrole nitrogens is 1. The zero-order valence-electron chi connectivity index (χ0n) is 15.0. The van der Waals surface area contributed by atoms with E-state index in [1.807, 2.05) is 4.90 Å². The first kappa shape index (κ1) is 17.4. The van der Waals surface area contributed by atoms with Gasteiger partial charge in [0.15, 0.2) is 4.77 Å². The fourth-order valence-corrected chi connectivity index (χ4v) is 4.39. The van der Waals surface area contributed by atoms with Crippen LogP contribution in [0, 0.1) is 4.77 Å². The van der Waals surface area contributed by atoms with Crippen molar-refractivity contribution in [3.63, 3.8) is 0 Å². The molecule has 4 rings (SSSR count). The highest BCUT2D eigenvalue weighted by Crippen LogP contribution is 2.28. The normalized spacial score (nSPS) is 19.3. The molecule has 0 unspecified atom stereocenters. The van der Waals surface area contributed by atoms with E-state index in [1.54, 1.807) is 22.8 Å². The predicted molar refractivity (Wildman–Crippen MR) is 104 cm³/mol. The van der Waals surface area contributed by atoms with Crippen molar-refractivity contribution < 1.29 is 4.79 Å². The molecule has 26 heavy (non-hydrogen) atoms. The second-order valence-corrected chi connectivity index (χ2v) is 7.79. The van der Waals surface area contributed by atoms with E-state index in [-0.39, 0.29) is 17.5 Å². The highest BCUT2D eigenvalue weighted by Gasteiger charge is 2.22. The molecule has 138 valence electrons. The van der Waals surface area contributed by atoms with Crippen LogP contribution in [0.15, 0.2) is 23.0 Å². The molecule has 1 aliphatic carbocycles. The maximum absolute atomic E-state index is 12.9. The van der Waals surface area contributed by atoms with Crippen molar-refractivity contribution in [1.29, 1.82) is 0 Å². The Hall–Kier alpha value is -1.99. The lowest BCUT2D eigenvalue weighted by Gasteiger charge is -2.32. The van der Waals surface area contributed by atoms with E-state index in [0.717, 1.165) is 51.9 Å². The maximum atomic E-state index is 12.9. The summed E-state index contributed by atoms with van der Waals surface area (Å²) in [5.41, 5.74) is 1.20. The number of nitrogens with one attached hydrogen (secondary N) is 1. The van der Waals surface area contributed by atoms with Crippen LogP contribution in [-0.4, -0.2) is 58.5 Å². The van der Waals surface area contributed by atoms with Gasteiger partial charge in [-0.05, 0) is 50.3 Å². The van der Waals surface area contributed by atoms with Crippen LogP contribution in [0.25, 0.3) is 10.9 Å². The van der Waals surface area contributed by atoms with Crippen LogP contribution in [-0.2, 0) is 0 Å². The minimum absolute atomic E-state index is 0.0132. The molecule has 0 spiro atoms. The zero-order chi connectivity index (χ0) is 18.3. The van der Waals surface area contributed by atoms with Gasteiger partial charge in [-0.3, -0.25) is 14.2 Å². The minimum atomic E-state index is -0.0470. The number of likely N-dealkylation sites (N-methyl/N-ethyl adjacent to an activating group) is 1. The first-order valence-electron chi connectivity index (χ1n) is 9.31. The number of piperazine rings is 1. The SMILES string of the molecule is CN1CCN(C(=O)c2ccc3c(=O)n(C4CCCC4)c(=S)[nH]c3c2)CC1. The molecule has 2 fully saturated rings. The number of aromatic amines is 1. The number of amides is 1. The van der Waals surface area contributed by atoms with Gasteiger partial charge >= 0.3 is 0 Å². The van der Waals surface area contributed by atoms with Crippen LogP contribution >= 0.6 is 12.2 Å². The Labute approximate surface area is 157 Å². The number of benzene rings is 1. The first-order chi connectivity index (χ1) is 12.5. The molecule has 7 heteroatoms. The standard InChI is InChI=1S/C19H24N4O2S/c1-21-8-10-22(11-9-21)17(24)13-6-7-15-16(12-13)20-19(26)23(18(15)25)14-4-2-3-5-14/h6-7,12,14H,2-5,8-11H2,1H3,(H,20,26). The Kier molecular flexibility index (Phi) is 4.67. The molecule has 2 aliphatic rings. The monoisotopic (exact) mass is 372 g/mol. The van der Waals surface area contributed by atoms with Crippen LogP contribution in [0.4, 0.5) is 0 Å². The topological polar surface area (TPSA) is 61.3 Å². The van der Waals surface area contributed by atoms with Gasteiger partial charge in [0, 0.05) is 37.8 Å². The summed E-state index contributed by atoms with van der Waals surface area (Å²) in [5.74, 6) is 0.0132. The Balaban J connectivity index is 1.70. The number of hydrogen-bond acceptors (Lipinski definition) is 4. The van der Waals surface area contributed by atoms with E-state index < -0.39 is 0 Å². The van der Waals surface area contributed by atoms with Crippen LogP contribution < -0.4 is 5.56 Å². The van der Waals surface area contributed by atoms with Gasteiger partial charge in [0.1, 0.15) is 0 Å². The van der Waals surface area contributed by atoms with Crippen molar-refractivity contribution in [3.05, 3.63) is 38.9 Å². The first-order valence-corrected chi connectivity index (χ1v) is 9.72. The summed E-state index contributed by atoms with van der Waals surface area (Å²) in [7, 11) is 2.06. The number of hydrogen-bond donors (Lipinski definition) is 1. The quantitative estimate of drug-likeness (QED) is 0.823. The smallest absolute Gasteiger partial charge is 0.262 e. The molecule has 2 aromatic rings. The largest absolute Gasteiger partial charge is 0.336 e. The third-order valence-corrected chi connectivity index (χ3v) is 5.96. The predicted octanol–water partition coefficient (Wildman–Crippen LogP) is 2.56. The highest BCUT2D eigenvalue weighted by molar-refractivity contribution is 7.71. The van der Waals surface area contributed by atoms with Gasteiger partial charge in [0.05, 0.1) is 10.9 Å². The number of rotatable bonds is 2. The summed E-state index contributed by atoms with van der Waals surface area (Å²) in [4.78, 5) is 33.0. The zero-order valence-corrected chi connectivity index (χ0v) is 15.8. The van der Waals surface area contributed by atoms with E-state index in [9.17, 15) is 9.59 Å². The second kappa shape index (κ2) is 6.96. The third-order valence-electron chi connectivity index (χ3n) is 5.66. The Bertz CT molecular complexity index is 950. The molecular formula is C19H24N4O2S. The number of carbonyl (C=O) groups excluding carboxylic acids is 1. The molecule has 6 nitrogen and oxygen atoms in total. The van der Waals surface area contributed by atoms with Crippen LogP contribution in [0.2, 0.25) is 0 Å². The molecule has 1 N–H and O–H groups in total. The van der Waals surface area contributed by atoms with Crippen LogP contribution in [0.5, 0.6) is 0 Å². The van der Waals surface area contributed by atoms with E-state index in [1.165, 1.54) is 0 Å². The maximum Gasteiger partial charge on any atom is 0.262 e. The van der Waals surface area contributed by atoms with Gasteiger partial charge in [-0.15, -0.1) is 0 Å². The Morgan fingerprint density at radius 2 is 1.85 bits per heavy atom. The number of fused-ring (bicyclic) bond motifs is 1. The molecule has 0 bridgehead atoms. The summed E-state index contributed by atoms with van der Waals surface area (Å²) in [5, 5.41) is 0.598. The van der Waals surface area contributed by atoms with Crippen molar-refractivity contribution in [2.75, 3.05) is 33.2 Å². The van der Waals surface area contributed by atoms with Crippen molar-refractivity contribution in [2.24, 2.45) is 0 Å².